The van der Waals surface area contributed by atoms with E-state index in [-0.39, 0.29) is 0 Å². The van der Waals surface area contributed by atoms with Crippen molar-refractivity contribution < 1.29 is 9.47 Å². The molecule has 0 aliphatic carbocycles. The zero-order valence-corrected chi connectivity index (χ0v) is 23.8. The van der Waals surface area contributed by atoms with Gasteiger partial charge in [0.1, 0.15) is 12.3 Å². The third-order valence-corrected chi connectivity index (χ3v) is 6.77. The zero-order chi connectivity index (χ0) is 28.9. The highest BCUT2D eigenvalue weighted by atomic mass is 16.5. The lowest BCUT2D eigenvalue weighted by atomic mass is 10.1. The number of rotatable bonds is 11. The Morgan fingerprint density at radius 3 is 2.62 bits per heavy atom. The van der Waals surface area contributed by atoms with E-state index in [2.05, 4.69) is 20.3 Å². The van der Waals surface area contributed by atoms with E-state index in [1.807, 2.05) is 108 Å². The van der Waals surface area contributed by atoms with Crippen LogP contribution in [0.4, 0.5) is 11.6 Å². The van der Waals surface area contributed by atoms with Crippen LogP contribution in [0.2, 0.25) is 0 Å². The molecule has 0 saturated heterocycles. The van der Waals surface area contributed by atoms with Crippen molar-refractivity contribution in [1.29, 1.82) is 0 Å². The number of methoxy groups -OCH3 is 1. The van der Waals surface area contributed by atoms with Crippen molar-refractivity contribution in [3.05, 3.63) is 103 Å². The molecule has 10 nitrogen and oxygen atoms in total. The van der Waals surface area contributed by atoms with Crippen LogP contribution in [-0.4, -0.2) is 61.8 Å². The number of pyridine rings is 1. The first-order valence-electron chi connectivity index (χ1n) is 13.7. The molecular weight excluding hydrogens is 528 g/mol. The summed E-state index contributed by atoms with van der Waals surface area (Å²) in [5, 5.41) is 7.73. The van der Waals surface area contributed by atoms with E-state index in [9.17, 15) is 0 Å². The molecule has 0 radical (unpaired) electrons. The van der Waals surface area contributed by atoms with Gasteiger partial charge in [-0.3, -0.25) is 9.08 Å². The Labute approximate surface area is 244 Å². The summed E-state index contributed by atoms with van der Waals surface area (Å²) in [5.41, 5.74) is 5.94. The molecule has 0 atom stereocenters. The summed E-state index contributed by atoms with van der Waals surface area (Å²) < 4.78 is 15.8. The van der Waals surface area contributed by atoms with E-state index < -0.39 is 0 Å². The average molecular weight is 561 g/mol. The second kappa shape index (κ2) is 12.1. The highest BCUT2D eigenvalue weighted by Gasteiger charge is 2.19. The smallest absolute Gasteiger partial charge is 0.227 e. The van der Waals surface area contributed by atoms with Crippen molar-refractivity contribution in [1.82, 2.24) is 34.0 Å². The molecule has 6 rings (SSSR count). The van der Waals surface area contributed by atoms with Gasteiger partial charge in [-0.15, -0.1) is 0 Å². The molecule has 6 aromatic rings. The molecule has 1 N–H and O–H groups in total. The number of fused-ring (bicyclic) bond motifs is 1. The van der Waals surface area contributed by atoms with Crippen molar-refractivity contribution in [3.63, 3.8) is 0 Å². The Morgan fingerprint density at radius 1 is 0.929 bits per heavy atom. The number of likely N-dealkylation sites (N-methyl/N-ethyl adjacent to an activating group) is 1. The lowest BCUT2D eigenvalue weighted by Crippen LogP contribution is -2.18. The first kappa shape index (κ1) is 27.0. The van der Waals surface area contributed by atoms with E-state index in [1.54, 1.807) is 19.5 Å². The molecule has 0 aliphatic rings. The third-order valence-electron chi connectivity index (χ3n) is 6.77. The van der Waals surface area contributed by atoms with Crippen LogP contribution >= 0.6 is 0 Å². The quantitative estimate of drug-likeness (QED) is 0.221. The maximum absolute atomic E-state index is 6.09. The van der Waals surface area contributed by atoms with Gasteiger partial charge in [-0.1, -0.05) is 36.4 Å². The summed E-state index contributed by atoms with van der Waals surface area (Å²) >= 11 is 0. The van der Waals surface area contributed by atoms with Gasteiger partial charge >= 0.3 is 0 Å². The standard InChI is InChI=1S/C32H32N8O2/c1-38(2)17-18-39-21-25(20-34-39)35-32-33-15-14-26(36-32)31-30(37-29-11-7-8-16-40(29)31)24-12-13-27(28(19-24)41-3)42-22-23-9-5-4-6-10-23/h4-16,19-21H,17-18,22H2,1-3H3,(H,33,35,36). The summed E-state index contributed by atoms with van der Waals surface area (Å²) in [6.07, 6.45) is 7.46. The molecular formula is C32H32N8O2. The fourth-order valence-corrected chi connectivity index (χ4v) is 4.64. The average Bonchev–Trinajstić information content (AvgIpc) is 3.64. The molecule has 0 bridgehead atoms. The number of nitrogens with one attached hydrogen (secondary N) is 1. The van der Waals surface area contributed by atoms with Crippen LogP contribution in [0, 0.1) is 0 Å². The lowest BCUT2D eigenvalue weighted by molar-refractivity contribution is 0.284. The van der Waals surface area contributed by atoms with Crippen molar-refractivity contribution in [2.45, 2.75) is 13.2 Å². The minimum atomic E-state index is 0.446. The van der Waals surface area contributed by atoms with Gasteiger partial charge in [-0.2, -0.15) is 5.10 Å². The fourth-order valence-electron chi connectivity index (χ4n) is 4.64. The molecule has 0 amide bonds. The first-order valence-corrected chi connectivity index (χ1v) is 13.7. The van der Waals surface area contributed by atoms with Crippen LogP contribution in [0.3, 0.4) is 0 Å². The van der Waals surface area contributed by atoms with Gasteiger partial charge in [0.25, 0.3) is 0 Å². The van der Waals surface area contributed by atoms with Gasteiger partial charge in [0, 0.05) is 30.7 Å². The van der Waals surface area contributed by atoms with Crippen molar-refractivity contribution in [2.75, 3.05) is 33.1 Å². The Balaban J connectivity index is 1.32. The van der Waals surface area contributed by atoms with Crippen molar-refractivity contribution >= 4 is 17.3 Å². The molecule has 0 aliphatic heterocycles. The Kier molecular flexibility index (Phi) is 7.78. The summed E-state index contributed by atoms with van der Waals surface area (Å²) in [7, 11) is 5.73. The van der Waals surface area contributed by atoms with Gasteiger partial charge in [-0.25, -0.2) is 15.0 Å². The minimum Gasteiger partial charge on any atom is -0.493 e. The van der Waals surface area contributed by atoms with Gasteiger partial charge < -0.3 is 19.7 Å². The van der Waals surface area contributed by atoms with E-state index in [0.717, 1.165) is 52.6 Å². The van der Waals surface area contributed by atoms with E-state index >= 15 is 0 Å². The first-order chi connectivity index (χ1) is 20.6. The number of aromatic nitrogens is 6. The van der Waals surface area contributed by atoms with E-state index in [0.29, 0.717) is 24.1 Å². The molecule has 212 valence electrons. The second-order valence-corrected chi connectivity index (χ2v) is 10.1. The Bertz CT molecular complexity index is 1800. The highest BCUT2D eigenvalue weighted by molar-refractivity contribution is 5.81. The zero-order valence-electron chi connectivity index (χ0n) is 23.8. The molecule has 4 heterocycles. The summed E-state index contributed by atoms with van der Waals surface area (Å²) in [6.45, 7) is 2.14. The number of imidazole rings is 1. The molecule has 2 aromatic carbocycles. The minimum absolute atomic E-state index is 0.446. The lowest BCUT2D eigenvalue weighted by Gasteiger charge is -2.13. The molecule has 42 heavy (non-hydrogen) atoms. The SMILES string of the molecule is COc1cc(-c2nc3ccccn3c2-c2ccnc(Nc3cnn(CCN(C)C)c3)n2)ccc1OCc1ccccc1. The van der Waals surface area contributed by atoms with E-state index in [1.165, 1.54) is 0 Å². The number of anilines is 2. The van der Waals surface area contributed by atoms with E-state index in [4.69, 9.17) is 19.4 Å². The second-order valence-electron chi connectivity index (χ2n) is 10.1. The van der Waals surface area contributed by atoms with Crippen LogP contribution in [0.25, 0.3) is 28.3 Å². The monoisotopic (exact) mass is 560 g/mol. The van der Waals surface area contributed by atoms with Crippen LogP contribution in [0.15, 0.2) is 97.6 Å². The van der Waals surface area contributed by atoms with Gasteiger partial charge in [0.2, 0.25) is 5.95 Å². The molecule has 0 saturated carbocycles. The number of ether oxygens (including phenoxy) is 2. The van der Waals surface area contributed by atoms with Crippen LogP contribution in [0.5, 0.6) is 11.5 Å². The third kappa shape index (κ3) is 5.93. The van der Waals surface area contributed by atoms with Crippen LogP contribution < -0.4 is 14.8 Å². The van der Waals surface area contributed by atoms with Gasteiger partial charge in [0.05, 0.1) is 42.6 Å². The van der Waals surface area contributed by atoms with Gasteiger partial charge in [0.15, 0.2) is 11.5 Å². The predicted octanol–water partition coefficient (Wildman–Crippen LogP) is 5.55. The largest absolute Gasteiger partial charge is 0.493 e. The Morgan fingerprint density at radius 2 is 1.79 bits per heavy atom. The molecule has 10 heteroatoms. The molecule has 0 spiro atoms. The maximum atomic E-state index is 6.09. The normalized spacial score (nSPS) is 11.2. The van der Waals surface area contributed by atoms with Crippen molar-refractivity contribution in [2.24, 2.45) is 0 Å². The summed E-state index contributed by atoms with van der Waals surface area (Å²) in [6, 6.07) is 23.7. The fraction of sp³-hybridized carbons (Fsp3) is 0.188. The topological polar surface area (TPSA) is 94.6 Å². The number of hydrogen-bond acceptors (Lipinski definition) is 8. The number of nitrogens with zero attached hydrogens (tertiary/aromatic N) is 7. The molecule has 0 fully saturated rings. The molecule has 0 unspecified atom stereocenters. The maximum Gasteiger partial charge on any atom is 0.227 e. The number of hydrogen-bond donors (Lipinski definition) is 1. The molecule has 4 aromatic heterocycles. The summed E-state index contributed by atoms with van der Waals surface area (Å²) in [4.78, 5) is 16.4. The Hall–Kier alpha value is -5.22. The predicted molar refractivity (Wildman–Crippen MR) is 163 cm³/mol. The van der Waals surface area contributed by atoms with Gasteiger partial charge in [-0.05, 0) is 56.1 Å². The van der Waals surface area contributed by atoms with Crippen LogP contribution in [0.1, 0.15) is 5.56 Å². The van der Waals surface area contributed by atoms with Crippen LogP contribution in [-0.2, 0) is 13.2 Å². The summed E-state index contributed by atoms with van der Waals surface area (Å²) in [5.74, 6) is 1.76. The number of benzene rings is 2. The van der Waals surface area contributed by atoms with Crippen molar-refractivity contribution in [3.8, 4) is 34.1 Å². The highest BCUT2D eigenvalue weighted by Crippen LogP contribution is 2.37.